The smallest absolute Gasteiger partial charge is 0.142 e. The lowest BCUT2D eigenvalue weighted by Crippen LogP contribution is -2.13. The van der Waals surface area contributed by atoms with Crippen molar-refractivity contribution in [2.24, 2.45) is 0 Å². The molecule has 0 spiro atoms. The van der Waals surface area contributed by atoms with Gasteiger partial charge in [0.05, 0.1) is 17.5 Å². The Hall–Kier alpha value is -0.740. The molecule has 0 amide bonds. The van der Waals surface area contributed by atoms with E-state index in [2.05, 4.69) is 4.98 Å². The average Bonchev–Trinajstić information content (AvgIpc) is 2.56. The molecule has 1 unspecified atom stereocenters. The highest BCUT2D eigenvalue weighted by atomic mass is 32.1. The van der Waals surface area contributed by atoms with Crippen LogP contribution in [-0.2, 0) is 16.0 Å². The summed E-state index contributed by atoms with van der Waals surface area (Å²) in [4.78, 5) is 15.4. The highest BCUT2D eigenvalue weighted by Crippen LogP contribution is 2.07. The summed E-state index contributed by atoms with van der Waals surface area (Å²) in [6.45, 7) is 1.89. The van der Waals surface area contributed by atoms with Gasteiger partial charge in [0.1, 0.15) is 5.78 Å². The molecule has 4 heteroatoms. The fraction of sp³-hybridized carbons (Fsp3) is 0.556. The lowest BCUT2D eigenvalue weighted by atomic mass is 10.1. The largest absolute Gasteiger partial charge is 0.381 e. The van der Waals surface area contributed by atoms with E-state index in [0.717, 1.165) is 5.01 Å². The van der Waals surface area contributed by atoms with E-state index in [4.69, 9.17) is 4.74 Å². The normalized spacial score (nSPS) is 12.8. The van der Waals surface area contributed by atoms with E-state index in [0.29, 0.717) is 12.8 Å². The summed E-state index contributed by atoms with van der Waals surface area (Å²) in [5.41, 5.74) is 0. The molecule has 0 aliphatic heterocycles. The minimum atomic E-state index is 0.00691. The highest BCUT2D eigenvalue weighted by molar-refractivity contribution is 7.09. The zero-order chi connectivity index (χ0) is 9.68. The number of thiazole rings is 1. The monoisotopic (exact) mass is 199 g/mol. The van der Waals surface area contributed by atoms with E-state index >= 15 is 0 Å². The number of carbonyl (C=O) groups is 1. The van der Waals surface area contributed by atoms with Gasteiger partial charge in [-0.05, 0) is 6.92 Å². The topological polar surface area (TPSA) is 39.2 Å². The van der Waals surface area contributed by atoms with Crippen LogP contribution >= 0.6 is 11.3 Å². The molecule has 0 aliphatic rings. The van der Waals surface area contributed by atoms with Gasteiger partial charge in [0.15, 0.2) is 0 Å². The van der Waals surface area contributed by atoms with Gasteiger partial charge < -0.3 is 4.74 Å². The van der Waals surface area contributed by atoms with Gasteiger partial charge in [-0.15, -0.1) is 11.3 Å². The Kier molecular flexibility index (Phi) is 4.05. The Labute approximate surface area is 81.8 Å². The third-order valence-electron chi connectivity index (χ3n) is 1.75. The maximum absolute atomic E-state index is 11.4. The standard InChI is InChI=1S/C9H13NO2S/c1-7(12-2)5-8(11)6-9-10-3-4-13-9/h3-4,7H,5-6H2,1-2H3. The lowest BCUT2D eigenvalue weighted by Gasteiger charge is -2.06. The predicted molar refractivity (Wildman–Crippen MR) is 51.9 cm³/mol. The van der Waals surface area contributed by atoms with E-state index in [1.165, 1.54) is 11.3 Å². The van der Waals surface area contributed by atoms with Crippen molar-refractivity contribution < 1.29 is 9.53 Å². The first-order valence-electron chi connectivity index (χ1n) is 4.15. The van der Waals surface area contributed by atoms with Crippen molar-refractivity contribution in [3.8, 4) is 0 Å². The number of nitrogens with zero attached hydrogens (tertiary/aromatic N) is 1. The maximum Gasteiger partial charge on any atom is 0.142 e. The summed E-state index contributed by atoms with van der Waals surface area (Å²) in [5, 5.41) is 2.76. The summed E-state index contributed by atoms with van der Waals surface area (Å²) in [7, 11) is 1.61. The summed E-state index contributed by atoms with van der Waals surface area (Å²) >= 11 is 1.51. The molecule has 0 aliphatic carbocycles. The van der Waals surface area contributed by atoms with Crippen LogP contribution in [0.25, 0.3) is 0 Å². The van der Waals surface area contributed by atoms with Crippen LogP contribution in [0.5, 0.6) is 0 Å². The first-order chi connectivity index (χ1) is 6.22. The number of methoxy groups -OCH3 is 1. The molecular formula is C9H13NO2S. The van der Waals surface area contributed by atoms with Crippen LogP contribution < -0.4 is 0 Å². The van der Waals surface area contributed by atoms with E-state index < -0.39 is 0 Å². The molecular weight excluding hydrogens is 186 g/mol. The fourth-order valence-electron chi connectivity index (χ4n) is 0.985. The fourth-order valence-corrected chi connectivity index (χ4v) is 1.63. The molecule has 72 valence electrons. The highest BCUT2D eigenvalue weighted by Gasteiger charge is 2.09. The number of Topliss-reactive ketones (excluding diaryl/α,β-unsaturated/α-hetero) is 1. The lowest BCUT2D eigenvalue weighted by molar-refractivity contribution is -0.120. The van der Waals surface area contributed by atoms with Crippen molar-refractivity contribution in [2.45, 2.75) is 25.9 Å². The number of hydrogen-bond donors (Lipinski definition) is 0. The third-order valence-corrected chi connectivity index (χ3v) is 2.53. The number of carbonyl (C=O) groups excluding carboxylic acids is 1. The molecule has 0 fully saturated rings. The van der Waals surface area contributed by atoms with Crippen molar-refractivity contribution >= 4 is 17.1 Å². The molecule has 3 nitrogen and oxygen atoms in total. The second-order valence-electron chi connectivity index (χ2n) is 2.89. The molecule has 0 aromatic carbocycles. The van der Waals surface area contributed by atoms with Crippen molar-refractivity contribution in [3.05, 3.63) is 16.6 Å². The van der Waals surface area contributed by atoms with Gasteiger partial charge in [0.25, 0.3) is 0 Å². The molecule has 1 aromatic rings. The minimum absolute atomic E-state index is 0.00691. The summed E-state index contributed by atoms with van der Waals surface area (Å²) in [6.07, 6.45) is 2.63. The Balaban J connectivity index is 2.34. The Morgan fingerprint density at radius 3 is 3.08 bits per heavy atom. The number of hydrogen-bond acceptors (Lipinski definition) is 4. The molecule has 1 atom stereocenters. The van der Waals surface area contributed by atoms with Crippen molar-refractivity contribution in [3.63, 3.8) is 0 Å². The number of ketones is 1. The molecule has 0 saturated carbocycles. The van der Waals surface area contributed by atoms with Crippen LogP contribution in [0.4, 0.5) is 0 Å². The second-order valence-corrected chi connectivity index (χ2v) is 3.87. The van der Waals surface area contributed by atoms with Crippen LogP contribution in [0.15, 0.2) is 11.6 Å². The zero-order valence-corrected chi connectivity index (χ0v) is 8.63. The minimum Gasteiger partial charge on any atom is -0.381 e. The van der Waals surface area contributed by atoms with E-state index in [1.54, 1.807) is 13.3 Å². The van der Waals surface area contributed by atoms with Gasteiger partial charge in [-0.3, -0.25) is 4.79 Å². The first kappa shape index (κ1) is 10.3. The third kappa shape index (κ3) is 3.65. The van der Waals surface area contributed by atoms with E-state index in [9.17, 15) is 4.79 Å². The summed E-state index contributed by atoms with van der Waals surface area (Å²) in [5.74, 6) is 0.185. The van der Waals surface area contributed by atoms with Gasteiger partial charge in [0, 0.05) is 25.1 Å². The van der Waals surface area contributed by atoms with Gasteiger partial charge in [-0.25, -0.2) is 4.98 Å². The van der Waals surface area contributed by atoms with E-state index in [1.807, 2.05) is 12.3 Å². The Bertz CT molecular complexity index is 259. The maximum atomic E-state index is 11.4. The van der Waals surface area contributed by atoms with Crippen molar-refractivity contribution in [2.75, 3.05) is 7.11 Å². The van der Waals surface area contributed by atoms with Crippen molar-refractivity contribution in [1.29, 1.82) is 0 Å². The first-order valence-corrected chi connectivity index (χ1v) is 5.03. The zero-order valence-electron chi connectivity index (χ0n) is 7.82. The van der Waals surface area contributed by atoms with Gasteiger partial charge in [-0.2, -0.15) is 0 Å². The number of rotatable bonds is 5. The Morgan fingerprint density at radius 2 is 2.54 bits per heavy atom. The second kappa shape index (κ2) is 5.09. The molecule has 0 saturated heterocycles. The van der Waals surface area contributed by atoms with Crippen LogP contribution in [0.3, 0.4) is 0 Å². The molecule has 1 aromatic heterocycles. The Morgan fingerprint density at radius 1 is 1.77 bits per heavy atom. The average molecular weight is 199 g/mol. The van der Waals surface area contributed by atoms with Crippen LogP contribution in [0.1, 0.15) is 18.4 Å². The van der Waals surface area contributed by atoms with Crippen molar-refractivity contribution in [1.82, 2.24) is 4.98 Å². The molecule has 1 rings (SSSR count). The SMILES string of the molecule is COC(C)CC(=O)Cc1nccs1. The summed E-state index contributed by atoms with van der Waals surface area (Å²) < 4.78 is 5.00. The van der Waals surface area contributed by atoms with Crippen LogP contribution in [0.2, 0.25) is 0 Å². The van der Waals surface area contributed by atoms with Crippen LogP contribution in [-0.4, -0.2) is 24.0 Å². The van der Waals surface area contributed by atoms with Gasteiger partial charge in [-0.1, -0.05) is 0 Å². The number of aromatic nitrogens is 1. The van der Waals surface area contributed by atoms with Gasteiger partial charge in [0.2, 0.25) is 0 Å². The van der Waals surface area contributed by atoms with Gasteiger partial charge >= 0.3 is 0 Å². The molecule has 0 N–H and O–H groups in total. The molecule has 13 heavy (non-hydrogen) atoms. The predicted octanol–water partition coefficient (Wildman–Crippen LogP) is 1.68. The molecule has 0 radical (unpaired) electrons. The quantitative estimate of drug-likeness (QED) is 0.724. The number of ether oxygens (including phenoxy) is 1. The van der Waals surface area contributed by atoms with E-state index in [-0.39, 0.29) is 11.9 Å². The van der Waals surface area contributed by atoms with Crippen LogP contribution in [0, 0.1) is 0 Å². The molecule has 1 heterocycles. The molecule has 0 bridgehead atoms. The summed E-state index contributed by atoms with van der Waals surface area (Å²) in [6, 6.07) is 0.